The fraction of sp³-hybridized carbons (Fsp3) is 0.630. The fourth-order valence-electron chi connectivity index (χ4n) is 4.46. The van der Waals surface area contributed by atoms with Gasteiger partial charge in [0.05, 0.1) is 30.7 Å². The van der Waals surface area contributed by atoms with Crippen LogP contribution in [0.2, 0.25) is 0 Å². The first-order valence-electron chi connectivity index (χ1n) is 12.5. The van der Waals surface area contributed by atoms with E-state index in [9.17, 15) is 4.79 Å². The van der Waals surface area contributed by atoms with Gasteiger partial charge in [0.1, 0.15) is 18.0 Å². The first-order chi connectivity index (χ1) is 16.2. The van der Waals surface area contributed by atoms with Crippen LogP contribution >= 0.6 is 0 Å². The van der Waals surface area contributed by atoms with Crippen molar-refractivity contribution in [2.24, 2.45) is 5.92 Å². The highest BCUT2D eigenvalue weighted by Crippen LogP contribution is 2.29. The Kier molecular flexibility index (Phi) is 9.39. The molecular weight excluding hydrogens is 430 g/mol. The molecule has 2 fully saturated rings. The Balaban J connectivity index is 1.44. The Morgan fingerprint density at radius 2 is 2.09 bits per heavy atom. The Labute approximate surface area is 204 Å². The third-order valence-electron chi connectivity index (χ3n) is 6.27. The molecule has 0 aliphatic carbocycles. The average molecular weight is 472 g/mol. The van der Waals surface area contributed by atoms with Crippen LogP contribution in [0.4, 0.5) is 10.5 Å². The molecule has 1 aromatic rings. The van der Waals surface area contributed by atoms with Crippen molar-refractivity contribution < 1.29 is 19.0 Å². The van der Waals surface area contributed by atoms with Crippen LogP contribution in [0.25, 0.3) is 0 Å². The number of hydrogen-bond donors (Lipinski definition) is 0. The van der Waals surface area contributed by atoms with Crippen LogP contribution in [0.1, 0.15) is 52.9 Å². The quantitative estimate of drug-likeness (QED) is 0.325. The first kappa shape index (κ1) is 26.1. The van der Waals surface area contributed by atoms with Gasteiger partial charge in [-0.25, -0.2) is 4.79 Å². The second-order valence-electron chi connectivity index (χ2n) is 10.3. The molecule has 1 aromatic heterocycles. The largest absolute Gasteiger partial charge is 0.490 e. The third-order valence-corrected chi connectivity index (χ3v) is 6.27. The summed E-state index contributed by atoms with van der Waals surface area (Å²) in [6.45, 7) is 17.8. The van der Waals surface area contributed by atoms with E-state index in [4.69, 9.17) is 14.2 Å². The van der Waals surface area contributed by atoms with Gasteiger partial charge in [-0.2, -0.15) is 0 Å². The maximum Gasteiger partial charge on any atom is 0.410 e. The standard InChI is InChI=1S/C27H41N3O4/c1-6-21(2)19-32-14-8-9-22-11-13-29(18-22)24-15-25(17-28-16-24)33-20-23-10-7-12-30(23)26(31)34-27(3,4)5/h6,15-17,22-23H,1-2,7-14,18-20H2,3-5H3. The number of nitrogens with zero attached hydrogens (tertiary/aromatic N) is 3. The number of pyridine rings is 1. The van der Waals surface area contributed by atoms with Gasteiger partial charge in [0.2, 0.25) is 0 Å². The van der Waals surface area contributed by atoms with Crippen molar-refractivity contribution in [2.45, 2.75) is 64.5 Å². The Morgan fingerprint density at radius 3 is 2.85 bits per heavy atom. The molecule has 0 radical (unpaired) electrons. The van der Waals surface area contributed by atoms with Crippen molar-refractivity contribution in [3.8, 4) is 5.75 Å². The number of ether oxygens (including phenoxy) is 3. The highest BCUT2D eigenvalue weighted by molar-refractivity contribution is 5.69. The van der Waals surface area contributed by atoms with Crippen LogP contribution in [0.5, 0.6) is 5.75 Å². The molecule has 1 amide bonds. The molecule has 2 unspecified atom stereocenters. The van der Waals surface area contributed by atoms with Crippen LogP contribution in [0, 0.1) is 5.92 Å². The monoisotopic (exact) mass is 471 g/mol. The molecule has 7 nitrogen and oxygen atoms in total. The van der Waals surface area contributed by atoms with Gasteiger partial charge in [-0.1, -0.05) is 19.2 Å². The highest BCUT2D eigenvalue weighted by Gasteiger charge is 2.32. The summed E-state index contributed by atoms with van der Waals surface area (Å²) in [5.41, 5.74) is 1.52. The number of aromatic nitrogens is 1. The van der Waals surface area contributed by atoms with Crippen LogP contribution in [-0.2, 0) is 9.47 Å². The summed E-state index contributed by atoms with van der Waals surface area (Å²) >= 11 is 0. The lowest BCUT2D eigenvalue weighted by molar-refractivity contribution is 0.0187. The zero-order chi connectivity index (χ0) is 24.6. The minimum atomic E-state index is -0.495. The predicted octanol–water partition coefficient (Wildman–Crippen LogP) is 5.23. The van der Waals surface area contributed by atoms with E-state index >= 15 is 0 Å². The lowest BCUT2D eigenvalue weighted by Gasteiger charge is -2.28. The molecule has 2 aliphatic rings. The maximum atomic E-state index is 12.5. The summed E-state index contributed by atoms with van der Waals surface area (Å²) < 4.78 is 17.3. The molecule has 2 saturated heterocycles. The lowest BCUT2D eigenvalue weighted by atomic mass is 10.0. The van der Waals surface area contributed by atoms with Gasteiger partial charge in [-0.05, 0) is 64.4 Å². The number of anilines is 1. The fourth-order valence-corrected chi connectivity index (χ4v) is 4.46. The molecule has 0 bridgehead atoms. The van der Waals surface area contributed by atoms with Gasteiger partial charge in [0.25, 0.3) is 0 Å². The second kappa shape index (κ2) is 12.2. The van der Waals surface area contributed by atoms with Crippen LogP contribution in [0.3, 0.4) is 0 Å². The minimum absolute atomic E-state index is 0.0283. The number of likely N-dealkylation sites (tertiary alicyclic amines) is 1. The third kappa shape index (κ3) is 8.05. The zero-order valence-corrected chi connectivity index (χ0v) is 21.1. The number of amides is 1. The number of hydrogen-bond acceptors (Lipinski definition) is 6. The zero-order valence-electron chi connectivity index (χ0n) is 21.1. The van der Waals surface area contributed by atoms with E-state index in [0.29, 0.717) is 25.7 Å². The summed E-state index contributed by atoms with van der Waals surface area (Å²) in [5, 5.41) is 0. The number of carbonyl (C=O) groups excluding carboxylic acids is 1. The molecule has 0 spiro atoms. The smallest absolute Gasteiger partial charge is 0.410 e. The van der Waals surface area contributed by atoms with E-state index in [0.717, 1.165) is 62.4 Å². The van der Waals surface area contributed by atoms with Crippen molar-refractivity contribution in [1.82, 2.24) is 9.88 Å². The molecule has 0 aromatic carbocycles. The lowest BCUT2D eigenvalue weighted by Crippen LogP contribution is -2.42. The Morgan fingerprint density at radius 1 is 1.26 bits per heavy atom. The molecule has 0 N–H and O–H groups in total. The molecule has 3 heterocycles. The van der Waals surface area contributed by atoms with Crippen molar-refractivity contribution in [1.29, 1.82) is 0 Å². The van der Waals surface area contributed by atoms with E-state index in [2.05, 4.69) is 29.1 Å². The van der Waals surface area contributed by atoms with Crippen LogP contribution in [-0.4, -0.2) is 67.1 Å². The SMILES string of the molecule is C=CC(=C)COCCCC1CCN(c2cncc(OCC3CCCN3C(=O)OC(C)(C)C)c2)C1. The summed E-state index contributed by atoms with van der Waals surface area (Å²) in [7, 11) is 0. The summed E-state index contributed by atoms with van der Waals surface area (Å²) in [6, 6.07) is 2.09. The van der Waals surface area contributed by atoms with Gasteiger partial charge in [0, 0.05) is 32.3 Å². The van der Waals surface area contributed by atoms with E-state index in [1.54, 1.807) is 17.2 Å². The maximum absolute atomic E-state index is 12.5. The highest BCUT2D eigenvalue weighted by atomic mass is 16.6. The molecule has 188 valence electrons. The van der Waals surface area contributed by atoms with Crippen LogP contribution in [0.15, 0.2) is 43.3 Å². The van der Waals surface area contributed by atoms with Gasteiger partial charge in [0.15, 0.2) is 0 Å². The topological polar surface area (TPSA) is 64.1 Å². The van der Waals surface area contributed by atoms with E-state index in [1.165, 1.54) is 6.42 Å². The molecule has 3 rings (SSSR count). The minimum Gasteiger partial charge on any atom is -0.490 e. The molecule has 2 atom stereocenters. The molecule has 2 aliphatic heterocycles. The van der Waals surface area contributed by atoms with Gasteiger partial charge < -0.3 is 24.0 Å². The predicted molar refractivity (Wildman–Crippen MR) is 135 cm³/mol. The van der Waals surface area contributed by atoms with E-state index in [1.807, 2.05) is 27.0 Å². The summed E-state index contributed by atoms with van der Waals surface area (Å²) in [5.74, 6) is 1.41. The number of carbonyl (C=O) groups is 1. The van der Waals surface area contributed by atoms with Crippen molar-refractivity contribution in [3.63, 3.8) is 0 Å². The molecule has 34 heavy (non-hydrogen) atoms. The first-order valence-corrected chi connectivity index (χ1v) is 12.5. The molecule has 0 saturated carbocycles. The van der Waals surface area contributed by atoms with E-state index < -0.39 is 5.60 Å². The normalized spacial score (nSPS) is 20.4. The number of rotatable bonds is 11. The van der Waals surface area contributed by atoms with Crippen molar-refractivity contribution >= 4 is 11.8 Å². The van der Waals surface area contributed by atoms with Crippen molar-refractivity contribution in [2.75, 3.05) is 44.4 Å². The Bertz CT molecular complexity index is 835. The summed E-state index contributed by atoms with van der Waals surface area (Å²) in [4.78, 5) is 21.1. The second-order valence-corrected chi connectivity index (χ2v) is 10.3. The van der Waals surface area contributed by atoms with Gasteiger partial charge >= 0.3 is 6.09 Å². The molecular formula is C27H41N3O4. The van der Waals surface area contributed by atoms with Gasteiger partial charge in [-0.15, -0.1) is 0 Å². The molecule has 7 heteroatoms. The summed E-state index contributed by atoms with van der Waals surface area (Å²) in [6.07, 6.45) is 10.4. The van der Waals surface area contributed by atoms with Crippen LogP contribution < -0.4 is 9.64 Å². The van der Waals surface area contributed by atoms with Crippen molar-refractivity contribution in [3.05, 3.63) is 43.3 Å². The average Bonchev–Trinajstić information content (AvgIpc) is 3.46. The Hall–Kier alpha value is -2.54. The van der Waals surface area contributed by atoms with Gasteiger partial charge in [-0.3, -0.25) is 4.98 Å². The van der Waals surface area contributed by atoms with E-state index in [-0.39, 0.29) is 12.1 Å².